The lowest BCUT2D eigenvalue weighted by Crippen LogP contribution is -1.95. The normalized spacial score (nSPS) is 12.4. The molecule has 1 unspecified atom stereocenters. The Morgan fingerprint density at radius 2 is 0.885 bits per heavy atom. The van der Waals surface area contributed by atoms with Gasteiger partial charge in [0.25, 0.3) is 0 Å². The van der Waals surface area contributed by atoms with Crippen LogP contribution in [0.15, 0.2) is 12.7 Å². The molecule has 0 heteroatoms. The Morgan fingerprint density at radius 1 is 0.538 bits per heavy atom. The molecule has 0 N–H and O–H groups in total. The van der Waals surface area contributed by atoms with E-state index < -0.39 is 0 Å². The van der Waals surface area contributed by atoms with Crippen molar-refractivity contribution in [1.29, 1.82) is 0 Å². The highest BCUT2D eigenvalue weighted by Crippen LogP contribution is 2.19. The third-order valence-electron chi connectivity index (χ3n) is 5.91. The molecule has 0 bridgehead atoms. The van der Waals surface area contributed by atoms with E-state index in [-0.39, 0.29) is 0 Å². The summed E-state index contributed by atoms with van der Waals surface area (Å²) in [4.78, 5) is 0. The van der Waals surface area contributed by atoms with Gasteiger partial charge in [0.05, 0.1) is 0 Å². The van der Waals surface area contributed by atoms with E-state index in [2.05, 4.69) is 26.5 Å². The molecule has 0 spiro atoms. The molecule has 0 fully saturated rings. The van der Waals surface area contributed by atoms with Crippen molar-refractivity contribution in [2.75, 3.05) is 0 Å². The van der Waals surface area contributed by atoms with Gasteiger partial charge in [-0.25, -0.2) is 0 Å². The molecule has 0 heterocycles. The first-order chi connectivity index (χ1) is 12.8. The predicted molar refractivity (Wildman–Crippen MR) is 122 cm³/mol. The van der Waals surface area contributed by atoms with Gasteiger partial charge in [0, 0.05) is 0 Å². The fourth-order valence-corrected chi connectivity index (χ4v) is 3.97. The molecule has 0 aromatic heterocycles. The molecule has 0 saturated heterocycles. The highest BCUT2D eigenvalue weighted by atomic mass is 14.1. The lowest BCUT2D eigenvalue weighted by Gasteiger charge is -2.11. The summed E-state index contributed by atoms with van der Waals surface area (Å²) in [6.07, 6.45) is 32.3. The first-order valence-corrected chi connectivity index (χ1v) is 12.4. The van der Waals surface area contributed by atoms with Crippen LogP contribution >= 0.6 is 0 Å². The molecule has 0 radical (unpaired) electrons. The van der Waals surface area contributed by atoms with Gasteiger partial charge in [-0.15, -0.1) is 6.58 Å². The molecule has 156 valence electrons. The second-order valence-corrected chi connectivity index (χ2v) is 8.77. The van der Waals surface area contributed by atoms with Crippen LogP contribution in [0.4, 0.5) is 0 Å². The van der Waals surface area contributed by atoms with E-state index in [0.717, 1.165) is 5.92 Å². The zero-order valence-electron chi connectivity index (χ0n) is 18.7. The van der Waals surface area contributed by atoms with Crippen molar-refractivity contribution in [3.63, 3.8) is 0 Å². The summed E-state index contributed by atoms with van der Waals surface area (Å²) in [6.45, 7) is 8.57. The zero-order valence-corrected chi connectivity index (χ0v) is 18.7. The van der Waals surface area contributed by atoms with Gasteiger partial charge >= 0.3 is 0 Å². The molecule has 0 aliphatic heterocycles. The minimum Gasteiger partial charge on any atom is -0.103 e. The SMILES string of the molecule is C=CCCCCCCCCCCCCC(C)CCCCCCCCCC. The third kappa shape index (κ3) is 21.8. The summed E-state index contributed by atoms with van der Waals surface area (Å²) in [6, 6.07) is 0. The number of unbranched alkanes of at least 4 members (excludes halogenated alkanes) is 17. The Hall–Kier alpha value is -0.260. The molecule has 0 aliphatic carbocycles. The van der Waals surface area contributed by atoms with Gasteiger partial charge < -0.3 is 0 Å². The minimum atomic E-state index is 0.964. The van der Waals surface area contributed by atoms with Crippen LogP contribution in [0.2, 0.25) is 0 Å². The van der Waals surface area contributed by atoms with Crippen LogP contribution in [0.5, 0.6) is 0 Å². The van der Waals surface area contributed by atoms with Crippen LogP contribution in [0.3, 0.4) is 0 Å². The first kappa shape index (κ1) is 25.7. The fraction of sp³-hybridized carbons (Fsp3) is 0.923. The topological polar surface area (TPSA) is 0 Å². The van der Waals surface area contributed by atoms with Gasteiger partial charge in [0.2, 0.25) is 0 Å². The van der Waals surface area contributed by atoms with Gasteiger partial charge in [0.1, 0.15) is 0 Å². The summed E-state index contributed by atoms with van der Waals surface area (Å²) in [7, 11) is 0. The van der Waals surface area contributed by atoms with Crippen LogP contribution in [-0.2, 0) is 0 Å². The van der Waals surface area contributed by atoms with E-state index in [1.165, 1.54) is 135 Å². The molecule has 0 aromatic carbocycles. The van der Waals surface area contributed by atoms with Gasteiger partial charge in [-0.3, -0.25) is 0 Å². The zero-order chi connectivity index (χ0) is 19.1. The van der Waals surface area contributed by atoms with Gasteiger partial charge in [-0.05, 0) is 18.8 Å². The Morgan fingerprint density at radius 3 is 1.27 bits per heavy atom. The second-order valence-electron chi connectivity index (χ2n) is 8.77. The van der Waals surface area contributed by atoms with Gasteiger partial charge in [-0.2, -0.15) is 0 Å². The molecule has 0 rings (SSSR count). The van der Waals surface area contributed by atoms with Crippen molar-refractivity contribution in [3.8, 4) is 0 Å². The van der Waals surface area contributed by atoms with Crippen molar-refractivity contribution in [2.24, 2.45) is 5.92 Å². The molecular weight excluding hydrogens is 312 g/mol. The number of hydrogen-bond acceptors (Lipinski definition) is 0. The molecule has 1 atom stereocenters. The number of allylic oxidation sites excluding steroid dienone is 1. The quantitative estimate of drug-likeness (QED) is 0.132. The van der Waals surface area contributed by atoms with Gasteiger partial charge in [-0.1, -0.05) is 142 Å². The van der Waals surface area contributed by atoms with E-state index >= 15 is 0 Å². The minimum absolute atomic E-state index is 0.964. The molecule has 26 heavy (non-hydrogen) atoms. The van der Waals surface area contributed by atoms with Crippen molar-refractivity contribution in [2.45, 2.75) is 149 Å². The summed E-state index contributed by atoms with van der Waals surface area (Å²) in [5.41, 5.74) is 0. The first-order valence-electron chi connectivity index (χ1n) is 12.4. The smallest absolute Gasteiger partial charge is 0.0353 e. The van der Waals surface area contributed by atoms with Crippen molar-refractivity contribution < 1.29 is 0 Å². The van der Waals surface area contributed by atoms with Gasteiger partial charge in [0.15, 0.2) is 0 Å². The Balaban J connectivity index is 3.12. The van der Waals surface area contributed by atoms with E-state index in [4.69, 9.17) is 0 Å². The maximum absolute atomic E-state index is 3.79. The summed E-state index contributed by atoms with van der Waals surface area (Å²) in [5.74, 6) is 0.964. The monoisotopic (exact) mass is 364 g/mol. The molecule has 0 saturated carbocycles. The maximum Gasteiger partial charge on any atom is -0.0353 e. The van der Waals surface area contributed by atoms with Crippen molar-refractivity contribution >= 4 is 0 Å². The van der Waals surface area contributed by atoms with E-state index in [1.807, 2.05) is 0 Å². The third-order valence-corrected chi connectivity index (χ3v) is 5.91. The average molecular weight is 365 g/mol. The molecular formula is C26H52. The van der Waals surface area contributed by atoms with E-state index in [0.29, 0.717) is 0 Å². The molecule has 0 amide bonds. The van der Waals surface area contributed by atoms with Crippen LogP contribution in [0.25, 0.3) is 0 Å². The van der Waals surface area contributed by atoms with E-state index in [1.54, 1.807) is 0 Å². The molecule has 0 nitrogen and oxygen atoms in total. The average Bonchev–Trinajstić information content (AvgIpc) is 2.65. The van der Waals surface area contributed by atoms with Crippen molar-refractivity contribution in [1.82, 2.24) is 0 Å². The number of hydrogen-bond donors (Lipinski definition) is 0. The largest absolute Gasteiger partial charge is 0.103 e. The Kier molecular flexibility index (Phi) is 22.6. The van der Waals surface area contributed by atoms with Crippen molar-refractivity contribution in [3.05, 3.63) is 12.7 Å². The lowest BCUT2D eigenvalue weighted by atomic mass is 9.95. The van der Waals surface area contributed by atoms with E-state index in [9.17, 15) is 0 Å². The second kappa shape index (κ2) is 22.8. The lowest BCUT2D eigenvalue weighted by molar-refractivity contribution is 0.430. The highest BCUT2D eigenvalue weighted by Gasteiger charge is 2.02. The van der Waals surface area contributed by atoms with Crippen LogP contribution in [-0.4, -0.2) is 0 Å². The highest BCUT2D eigenvalue weighted by molar-refractivity contribution is 4.65. The molecule has 0 aliphatic rings. The van der Waals surface area contributed by atoms with Crippen LogP contribution < -0.4 is 0 Å². The summed E-state index contributed by atoms with van der Waals surface area (Å²) in [5, 5.41) is 0. The molecule has 0 aromatic rings. The Bertz CT molecular complexity index is 255. The predicted octanol–water partition coefficient (Wildman–Crippen LogP) is 10.0. The van der Waals surface area contributed by atoms with Crippen LogP contribution in [0, 0.1) is 5.92 Å². The summed E-state index contributed by atoms with van der Waals surface area (Å²) < 4.78 is 0. The number of rotatable bonds is 22. The fourth-order valence-electron chi connectivity index (χ4n) is 3.97. The van der Waals surface area contributed by atoms with Crippen LogP contribution in [0.1, 0.15) is 149 Å². The standard InChI is InChI=1S/C26H52/c1-4-6-8-10-12-14-15-16-17-19-21-23-25-26(3)24-22-20-18-13-11-9-7-5-2/h4,26H,1,5-25H2,2-3H3. The summed E-state index contributed by atoms with van der Waals surface area (Å²) >= 11 is 0. The maximum atomic E-state index is 3.79. The Labute approximate surface area is 167 Å².